The average molecular weight is 478 g/mol. The average Bonchev–Trinajstić information content (AvgIpc) is 2.87. The van der Waals surface area contributed by atoms with Crippen LogP contribution in [0.1, 0.15) is 85.0 Å². The Balaban J connectivity index is 1.22. The Bertz CT molecular complexity index is 951. The number of nitrogens with one attached hydrogen (secondary N) is 1. The number of carbonyl (C=O) groups excluding carboxylic acids is 2. The number of carbonyl (C=O) groups is 2. The molecule has 5 heteroatoms. The van der Waals surface area contributed by atoms with Gasteiger partial charge in [-0.2, -0.15) is 0 Å². The fourth-order valence-corrected chi connectivity index (χ4v) is 6.97. The number of hydrogen-bond acceptors (Lipinski definition) is 2. The first-order valence-corrected chi connectivity index (χ1v) is 13.9. The molecule has 1 saturated carbocycles. The van der Waals surface area contributed by atoms with Gasteiger partial charge in [0, 0.05) is 24.8 Å². The maximum absolute atomic E-state index is 13.7. The number of urea groups is 1. The van der Waals surface area contributed by atoms with Crippen molar-refractivity contribution in [3.63, 3.8) is 0 Å². The molecule has 5 nitrogen and oxygen atoms in total. The van der Waals surface area contributed by atoms with Gasteiger partial charge in [-0.05, 0) is 87.2 Å². The highest BCUT2D eigenvalue weighted by atomic mass is 16.2. The summed E-state index contributed by atoms with van der Waals surface area (Å²) in [5.41, 5.74) is 2.32. The number of hydrogen-bond donors (Lipinski definition) is 1. The molecule has 0 aromatic heterocycles. The fourth-order valence-electron chi connectivity index (χ4n) is 6.97. The van der Waals surface area contributed by atoms with Crippen LogP contribution in [0.3, 0.4) is 0 Å². The SMILES string of the molecule is CC(C)(C)C1CCC(NC(=O)N2CCC3(CC2)C(=O)N(C2=CCCC=C2)C3C2=CCCC=C2)CC1. The van der Waals surface area contributed by atoms with Crippen LogP contribution in [0.4, 0.5) is 4.79 Å². The van der Waals surface area contributed by atoms with Crippen LogP contribution in [0.5, 0.6) is 0 Å². The number of amides is 3. The second kappa shape index (κ2) is 9.63. The first-order valence-electron chi connectivity index (χ1n) is 13.9. The Labute approximate surface area is 211 Å². The molecule has 0 bridgehead atoms. The first-order chi connectivity index (χ1) is 16.8. The van der Waals surface area contributed by atoms with E-state index in [4.69, 9.17) is 0 Å². The molecule has 0 aromatic rings. The molecule has 35 heavy (non-hydrogen) atoms. The molecule has 5 aliphatic rings. The predicted molar refractivity (Wildman–Crippen MR) is 141 cm³/mol. The van der Waals surface area contributed by atoms with E-state index in [0.29, 0.717) is 18.5 Å². The molecule has 0 radical (unpaired) electrons. The van der Waals surface area contributed by atoms with E-state index in [2.05, 4.69) is 62.5 Å². The third-order valence-corrected chi connectivity index (χ3v) is 9.24. The zero-order valence-electron chi connectivity index (χ0n) is 21.9. The highest BCUT2D eigenvalue weighted by Crippen LogP contribution is 2.53. The van der Waals surface area contributed by atoms with Gasteiger partial charge in [-0.15, -0.1) is 0 Å². The normalized spacial score (nSPS) is 30.6. The van der Waals surface area contributed by atoms with E-state index < -0.39 is 0 Å². The van der Waals surface area contributed by atoms with Crippen molar-refractivity contribution in [2.75, 3.05) is 13.1 Å². The lowest BCUT2D eigenvalue weighted by Gasteiger charge is -2.59. The number of likely N-dealkylation sites (tertiary alicyclic amines) is 2. The quantitative estimate of drug-likeness (QED) is 0.499. The van der Waals surface area contributed by atoms with Gasteiger partial charge in [0.2, 0.25) is 5.91 Å². The molecule has 2 aliphatic heterocycles. The van der Waals surface area contributed by atoms with Gasteiger partial charge in [0.1, 0.15) is 0 Å². The van der Waals surface area contributed by atoms with Crippen molar-refractivity contribution in [2.24, 2.45) is 16.7 Å². The Morgan fingerprint density at radius 2 is 1.60 bits per heavy atom. The molecule has 0 aromatic carbocycles. The summed E-state index contributed by atoms with van der Waals surface area (Å²) < 4.78 is 0. The first kappa shape index (κ1) is 24.4. The summed E-state index contributed by atoms with van der Waals surface area (Å²) in [4.78, 5) is 30.8. The van der Waals surface area contributed by atoms with Crippen molar-refractivity contribution in [1.29, 1.82) is 0 Å². The molecule has 3 aliphatic carbocycles. The molecule has 2 heterocycles. The van der Waals surface area contributed by atoms with E-state index in [1.807, 2.05) is 9.80 Å². The van der Waals surface area contributed by atoms with Crippen molar-refractivity contribution in [3.8, 4) is 0 Å². The molecule has 2 saturated heterocycles. The van der Waals surface area contributed by atoms with Gasteiger partial charge in [0.25, 0.3) is 0 Å². The Morgan fingerprint density at radius 1 is 0.943 bits per heavy atom. The summed E-state index contributed by atoms with van der Waals surface area (Å²) in [6, 6.07) is 0.445. The highest BCUT2D eigenvalue weighted by molar-refractivity contribution is 5.94. The van der Waals surface area contributed by atoms with E-state index in [0.717, 1.165) is 63.0 Å². The van der Waals surface area contributed by atoms with E-state index >= 15 is 0 Å². The van der Waals surface area contributed by atoms with Gasteiger partial charge in [0.15, 0.2) is 0 Å². The molecule has 3 fully saturated rings. The monoisotopic (exact) mass is 477 g/mol. The number of nitrogens with zero attached hydrogens (tertiary/aromatic N) is 2. The minimum absolute atomic E-state index is 0.0638. The van der Waals surface area contributed by atoms with Crippen molar-refractivity contribution in [2.45, 2.75) is 97.1 Å². The number of β-lactam (4-membered cyclic amide) rings is 1. The predicted octanol–water partition coefficient (Wildman–Crippen LogP) is 6.10. The lowest BCUT2D eigenvalue weighted by atomic mass is 9.61. The molecule has 1 atom stereocenters. The van der Waals surface area contributed by atoms with Crippen molar-refractivity contribution >= 4 is 11.9 Å². The topological polar surface area (TPSA) is 52.7 Å². The maximum atomic E-state index is 13.7. The van der Waals surface area contributed by atoms with Gasteiger partial charge >= 0.3 is 6.03 Å². The van der Waals surface area contributed by atoms with E-state index in [9.17, 15) is 9.59 Å². The van der Waals surface area contributed by atoms with Gasteiger partial charge in [-0.3, -0.25) is 4.79 Å². The molecular weight excluding hydrogens is 434 g/mol. The Morgan fingerprint density at radius 3 is 2.17 bits per heavy atom. The van der Waals surface area contributed by atoms with Gasteiger partial charge in [-0.25, -0.2) is 4.79 Å². The molecule has 3 amide bonds. The second-order valence-corrected chi connectivity index (χ2v) is 12.4. The van der Waals surface area contributed by atoms with Crippen LogP contribution in [-0.2, 0) is 4.79 Å². The summed E-state index contributed by atoms with van der Waals surface area (Å²) in [5.74, 6) is 0.994. The van der Waals surface area contributed by atoms with Crippen LogP contribution in [0.25, 0.3) is 0 Å². The van der Waals surface area contributed by atoms with Crippen LogP contribution >= 0.6 is 0 Å². The zero-order valence-corrected chi connectivity index (χ0v) is 21.9. The number of allylic oxidation sites excluding steroid dienone is 5. The summed E-state index contributed by atoms with van der Waals surface area (Å²) in [6.45, 7) is 8.31. The molecule has 1 N–H and O–H groups in total. The molecule has 1 unspecified atom stereocenters. The van der Waals surface area contributed by atoms with Gasteiger partial charge in [-0.1, -0.05) is 51.2 Å². The summed E-state index contributed by atoms with van der Waals surface area (Å²) in [7, 11) is 0. The van der Waals surface area contributed by atoms with E-state index in [1.54, 1.807) is 0 Å². The lowest BCUT2D eigenvalue weighted by molar-refractivity contribution is -0.168. The van der Waals surface area contributed by atoms with Crippen LogP contribution in [0, 0.1) is 16.7 Å². The molecule has 5 rings (SSSR count). The fraction of sp³-hybridized carbons (Fsp3) is 0.667. The Kier molecular flexibility index (Phi) is 6.71. The number of piperidine rings is 1. The number of rotatable bonds is 3. The van der Waals surface area contributed by atoms with Gasteiger partial charge < -0.3 is 15.1 Å². The Hall–Kier alpha value is -2.30. The molecule has 1 spiro atoms. The zero-order chi connectivity index (χ0) is 24.6. The van der Waals surface area contributed by atoms with Crippen LogP contribution < -0.4 is 5.32 Å². The van der Waals surface area contributed by atoms with E-state index in [1.165, 1.54) is 18.4 Å². The standard InChI is InChI=1S/C30H43N3O2/c1-29(2,3)23-14-16-24(17-15-23)31-28(35)32-20-18-30(19-21-32)26(22-10-6-4-7-11-22)33(27(30)34)25-12-8-5-9-13-25/h6,8,10-13,23-24,26H,4-5,7,9,14-21H2,1-3H3,(H,31,35). The molecule has 190 valence electrons. The van der Waals surface area contributed by atoms with Crippen molar-refractivity contribution < 1.29 is 9.59 Å². The second-order valence-electron chi connectivity index (χ2n) is 12.4. The maximum Gasteiger partial charge on any atom is 0.317 e. The third kappa shape index (κ3) is 4.63. The van der Waals surface area contributed by atoms with Crippen molar-refractivity contribution in [3.05, 3.63) is 47.7 Å². The minimum atomic E-state index is -0.374. The summed E-state index contributed by atoms with van der Waals surface area (Å²) in [6.07, 6.45) is 23.5. The summed E-state index contributed by atoms with van der Waals surface area (Å²) >= 11 is 0. The third-order valence-electron chi connectivity index (χ3n) is 9.24. The lowest BCUT2D eigenvalue weighted by Crippen LogP contribution is -2.71. The van der Waals surface area contributed by atoms with Crippen LogP contribution in [-0.4, -0.2) is 46.9 Å². The van der Waals surface area contributed by atoms with Crippen LogP contribution in [0.15, 0.2) is 47.7 Å². The highest BCUT2D eigenvalue weighted by Gasteiger charge is 2.62. The smallest absolute Gasteiger partial charge is 0.317 e. The largest absolute Gasteiger partial charge is 0.335 e. The van der Waals surface area contributed by atoms with E-state index in [-0.39, 0.29) is 29.4 Å². The molecular formula is C30H43N3O2. The van der Waals surface area contributed by atoms with Gasteiger partial charge in [0.05, 0.1) is 11.5 Å². The summed E-state index contributed by atoms with van der Waals surface area (Å²) in [5, 5.41) is 3.32. The van der Waals surface area contributed by atoms with Crippen molar-refractivity contribution in [1.82, 2.24) is 15.1 Å². The van der Waals surface area contributed by atoms with Crippen LogP contribution in [0.2, 0.25) is 0 Å². The minimum Gasteiger partial charge on any atom is -0.335 e.